The van der Waals surface area contributed by atoms with E-state index in [4.69, 9.17) is 0 Å². The lowest BCUT2D eigenvalue weighted by molar-refractivity contribution is -0.895. The maximum atomic E-state index is 12.6. The van der Waals surface area contributed by atoms with Crippen LogP contribution >= 0.6 is 0 Å². The van der Waals surface area contributed by atoms with Crippen LogP contribution in [-0.4, -0.2) is 57.9 Å². The van der Waals surface area contributed by atoms with Crippen LogP contribution < -0.4 is 10.2 Å². The van der Waals surface area contributed by atoms with Gasteiger partial charge in [0.2, 0.25) is 10.0 Å². The van der Waals surface area contributed by atoms with Gasteiger partial charge in [-0.15, -0.1) is 0 Å². The van der Waals surface area contributed by atoms with Gasteiger partial charge in [-0.05, 0) is 18.6 Å². The molecule has 0 aliphatic carbocycles. The number of nitrogens with zero attached hydrogens (tertiary/aromatic N) is 1. The van der Waals surface area contributed by atoms with Crippen molar-refractivity contribution in [2.75, 3.05) is 39.3 Å². The average Bonchev–Trinajstić information content (AvgIpc) is 2.60. The predicted molar refractivity (Wildman–Crippen MR) is 93.3 cm³/mol. The molecule has 1 amide bonds. The molecule has 7 heteroatoms. The highest BCUT2D eigenvalue weighted by Gasteiger charge is 2.30. The number of benzene rings is 1. The quantitative estimate of drug-likeness (QED) is 0.640. The number of sulfonamides is 1. The Morgan fingerprint density at radius 2 is 1.83 bits per heavy atom. The van der Waals surface area contributed by atoms with E-state index in [9.17, 15) is 13.2 Å². The Morgan fingerprint density at radius 3 is 2.46 bits per heavy atom. The molecule has 2 N–H and O–H groups in total. The average molecular weight is 354 g/mol. The Morgan fingerprint density at radius 1 is 1.17 bits per heavy atom. The lowest BCUT2D eigenvalue weighted by Crippen LogP contribution is -3.15. The molecule has 0 aromatic heterocycles. The van der Waals surface area contributed by atoms with Gasteiger partial charge < -0.3 is 10.2 Å². The minimum Gasteiger partial charge on any atom is -0.351 e. The Balaban J connectivity index is 1.78. The van der Waals surface area contributed by atoms with E-state index in [1.54, 1.807) is 30.3 Å². The number of unbranched alkanes of at least 4 members (excludes halogenated alkanes) is 2. The van der Waals surface area contributed by atoms with Crippen LogP contribution in [0.4, 0.5) is 0 Å². The number of piperazine rings is 1. The summed E-state index contributed by atoms with van der Waals surface area (Å²) in [5.41, 5.74) is 0. The molecular weight excluding hydrogens is 326 g/mol. The lowest BCUT2D eigenvalue weighted by Gasteiger charge is -2.31. The van der Waals surface area contributed by atoms with Gasteiger partial charge in [-0.3, -0.25) is 4.79 Å². The number of amides is 1. The van der Waals surface area contributed by atoms with E-state index in [1.165, 1.54) is 4.31 Å². The molecule has 1 aliphatic heterocycles. The van der Waals surface area contributed by atoms with Gasteiger partial charge in [0.15, 0.2) is 6.54 Å². The van der Waals surface area contributed by atoms with Crippen molar-refractivity contribution in [3.8, 4) is 0 Å². The fourth-order valence-corrected chi connectivity index (χ4v) is 4.32. The van der Waals surface area contributed by atoms with Crippen LogP contribution in [-0.2, 0) is 14.8 Å². The van der Waals surface area contributed by atoms with E-state index in [2.05, 4.69) is 12.2 Å². The third-order valence-corrected chi connectivity index (χ3v) is 6.24. The molecule has 0 spiro atoms. The number of nitrogens with one attached hydrogen (secondary N) is 2. The highest BCUT2D eigenvalue weighted by molar-refractivity contribution is 7.89. The Bertz CT molecular complexity index is 611. The summed E-state index contributed by atoms with van der Waals surface area (Å²) in [6.45, 7) is 5.52. The van der Waals surface area contributed by atoms with Crippen LogP contribution in [0.3, 0.4) is 0 Å². The van der Waals surface area contributed by atoms with Gasteiger partial charge in [0.1, 0.15) is 0 Å². The zero-order valence-corrected chi connectivity index (χ0v) is 15.1. The normalized spacial score (nSPS) is 16.9. The van der Waals surface area contributed by atoms with Crippen LogP contribution in [0.5, 0.6) is 0 Å². The molecule has 24 heavy (non-hydrogen) atoms. The second kappa shape index (κ2) is 9.15. The number of hydrogen-bond donors (Lipinski definition) is 2. The minimum absolute atomic E-state index is 0.0560. The van der Waals surface area contributed by atoms with Crippen molar-refractivity contribution < 1.29 is 18.1 Å². The van der Waals surface area contributed by atoms with E-state index in [0.717, 1.165) is 30.7 Å². The van der Waals surface area contributed by atoms with Crippen LogP contribution in [0.15, 0.2) is 35.2 Å². The van der Waals surface area contributed by atoms with Gasteiger partial charge >= 0.3 is 0 Å². The van der Waals surface area contributed by atoms with Crippen molar-refractivity contribution in [1.29, 1.82) is 0 Å². The summed E-state index contributed by atoms with van der Waals surface area (Å²) in [7, 11) is -3.41. The van der Waals surface area contributed by atoms with E-state index in [0.29, 0.717) is 37.6 Å². The van der Waals surface area contributed by atoms with Crippen LogP contribution in [0.25, 0.3) is 0 Å². The predicted octanol–water partition coefficient (Wildman–Crippen LogP) is -0.118. The van der Waals surface area contributed by atoms with Gasteiger partial charge in [0, 0.05) is 6.54 Å². The summed E-state index contributed by atoms with van der Waals surface area (Å²) < 4.78 is 26.6. The van der Waals surface area contributed by atoms with Crippen molar-refractivity contribution >= 4 is 15.9 Å². The highest BCUT2D eigenvalue weighted by Crippen LogP contribution is 2.14. The van der Waals surface area contributed by atoms with Gasteiger partial charge in [0.25, 0.3) is 5.91 Å². The second-order valence-electron chi connectivity index (χ2n) is 6.20. The fourth-order valence-electron chi connectivity index (χ4n) is 2.85. The molecule has 1 aromatic carbocycles. The first kappa shape index (κ1) is 18.9. The zero-order valence-electron chi connectivity index (χ0n) is 14.3. The standard InChI is InChI=1S/C17H27N3O3S/c1-2-3-7-10-18-17(21)15-19-11-13-20(14-12-19)24(22,23)16-8-5-4-6-9-16/h4-6,8-9H,2-3,7,10-15H2,1H3,(H,18,21)/p+1. The molecule has 0 saturated carbocycles. The van der Waals surface area contributed by atoms with Crippen molar-refractivity contribution in [2.24, 2.45) is 0 Å². The summed E-state index contributed by atoms with van der Waals surface area (Å²) in [6.07, 6.45) is 3.28. The van der Waals surface area contributed by atoms with Crippen molar-refractivity contribution in [3.05, 3.63) is 30.3 Å². The van der Waals surface area contributed by atoms with E-state index >= 15 is 0 Å². The molecule has 1 fully saturated rings. The first-order valence-corrected chi connectivity index (χ1v) is 10.1. The molecule has 6 nitrogen and oxygen atoms in total. The number of carbonyl (C=O) groups excluding carboxylic acids is 1. The van der Waals surface area contributed by atoms with Gasteiger partial charge in [-0.25, -0.2) is 8.42 Å². The Hall–Kier alpha value is -1.44. The van der Waals surface area contributed by atoms with Crippen LogP contribution in [0, 0.1) is 0 Å². The molecule has 1 aromatic rings. The monoisotopic (exact) mass is 354 g/mol. The molecule has 2 rings (SSSR count). The molecule has 0 bridgehead atoms. The number of quaternary nitrogens is 1. The molecule has 1 saturated heterocycles. The molecule has 1 aliphatic rings. The summed E-state index contributed by atoms with van der Waals surface area (Å²) in [5.74, 6) is 0.0560. The lowest BCUT2D eigenvalue weighted by atomic mass is 10.2. The Labute approximate surface area is 144 Å². The van der Waals surface area contributed by atoms with E-state index in [-0.39, 0.29) is 5.91 Å². The highest BCUT2D eigenvalue weighted by atomic mass is 32.2. The fraction of sp³-hybridized carbons (Fsp3) is 0.588. The van der Waals surface area contributed by atoms with Gasteiger partial charge in [-0.2, -0.15) is 4.31 Å². The molecule has 0 unspecified atom stereocenters. The zero-order chi connectivity index (χ0) is 17.4. The SMILES string of the molecule is CCCCCNC(=O)C[NH+]1CCN(S(=O)(=O)c2ccccc2)CC1. The van der Waals surface area contributed by atoms with E-state index in [1.807, 2.05) is 0 Å². The topological polar surface area (TPSA) is 70.9 Å². The number of hydrogen-bond acceptors (Lipinski definition) is 3. The van der Waals surface area contributed by atoms with E-state index < -0.39 is 10.0 Å². The summed E-state index contributed by atoms with van der Waals surface area (Å²) in [5, 5.41) is 2.94. The summed E-state index contributed by atoms with van der Waals surface area (Å²) in [6, 6.07) is 8.52. The van der Waals surface area contributed by atoms with Crippen LogP contribution in [0.2, 0.25) is 0 Å². The van der Waals surface area contributed by atoms with Gasteiger partial charge in [0.05, 0.1) is 31.1 Å². The third kappa shape index (κ3) is 5.29. The molecule has 0 radical (unpaired) electrons. The minimum atomic E-state index is -3.41. The third-order valence-electron chi connectivity index (χ3n) is 4.32. The largest absolute Gasteiger partial charge is 0.351 e. The number of rotatable bonds is 8. The van der Waals surface area contributed by atoms with Crippen molar-refractivity contribution in [2.45, 2.75) is 31.1 Å². The molecular formula is C17H28N3O3S+. The van der Waals surface area contributed by atoms with Crippen molar-refractivity contribution in [3.63, 3.8) is 0 Å². The Kier molecular flexibility index (Phi) is 7.20. The van der Waals surface area contributed by atoms with Crippen LogP contribution in [0.1, 0.15) is 26.2 Å². The summed E-state index contributed by atoms with van der Waals surface area (Å²) >= 11 is 0. The first-order chi connectivity index (χ1) is 11.5. The number of carbonyl (C=O) groups is 1. The second-order valence-corrected chi connectivity index (χ2v) is 8.14. The maximum Gasteiger partial charge on any atom is 0.275 e. The molecule has 1 heterocycles. The maximum absolute atomic E-state index is 12.6. The smallest absolute Gasteiger partial charge is 0.275 e. The molecule has 0 atom stereocenters. The van der Waals surface area contributed by atoms with Crippen molar-refractivity contribution in [1.82, 2.24) is 9.62 Å². The summed E-state index contributed by atoms with van der Waals surface area (Å²) in [4.78, 5) is 13.4. The molecule has 134 valence electrons. The first-order valence-electron chi connectivity index (χ1n) is 8.69. The van der Waals surface area contributed by atoms with Gasteiger partial charge in [-0.1, -0.05) is 38.0 Å².